The van der Waals surface area contributed by atoms with Crippen LogP contribution in [0.1, 0.15) is 32.3 Å². The van der Waals surface area contributed by atoms with E-state index in [0.29, 0.717) is 6.04 Å². The first-order valence-corrected chi connectivity index (χ1v) is 7.37. The molecule has 1 rings (SSSR count). The van der Waals surface area contributed by atoms with Crippen molar-refractivity contribution in [1.82, 2.24) is 9.88 Å². The number of halogens is 1. The van der Waals surface area contributed by atoms with Crippen LogP contribution in [-0.4, -0.2) is 36.1 Å². The number of hydrogen-bond acceptors (Lipinski definition) is 3. The van der Waals surface area contributed by atoms with Crippen molar-refractivity contribution in [2.45, 2.75) is 39.7 Å². The van der Waals surface area contributed by atoms with Crippen LogP contribution in [0.15, 0.2) is 16.7 Å². The molecule has 0 saturated heterocycles. The van der Waals surface area contributed by atoms with Gasteiger partial charge >= 0.3 is 0 Å². The molecule has 0 aromatic carbocycles. The predicted molar refractivity (Wildman–Crippen MR) is 82.2 cm³/mol. The van der Waals surface area contributed by atoms with Gasteiger partial charge in [-0.05, 0) is 74.8 Å². The van der Waals surface area contributed by atoms with E-state index in [2.05, 4.69) is 58.9 Å². The summed E-state index contributed by atoms with van der Waals surface area (Å²) >= 11 is 3.56. The van der Waals surface area contributed by atoms with Crippen molar-refractivity contribution in [2.75, 3.05) is 25.5 Å². The Hall–Kier alpha value is -0.610. The van der Waals surface area contributed by atoms with Gasteiger partial charge in [0.15, 0.2) is 0 Å². The van der Waals surface area contributed by atoms with Crippen LogP contribution in [-0.2, 0) is 0 Å². The molecule has 0 spiro atoms. The summed E-state index contributed by atoms with van der Waals surface area (Å²) in [6.07, 6.45) is 4.22. The van der Waals surface area contributed by atoms with E-state index in [1.165, 1.54) is 18.4 Å². The topological polar surface area (TPSA) is 28.2 Å². The fraction of sp³-hybridized carbons (Fsp3) is 0.643. The monoisotopic (exact) mass is 313 g/mol. The van der Waals surface area contributed by atoms with Crippen LogP contribution in [0, 0.1) is 6.92 Å². The Morgan fingerprint density at radius 1 is 1.39 bits per heavy atom. The third-order valence-corrected chi connectivity index (χ3v) is 4.19. The van der Waals surface area contributed by atoms with Gasteiger partial charge in [0.1, 0.15) is 5.82 Å². The molecule has 0 radical (unpaired) electrons. The first kappa shape index (κ1) is 15.4. The highest BCUT2D eigenvalue weighted by Gasteiger charge is 2.04. The van der Waals surface area contributed by atoms with Gasteiger partial charge in [0.05, 0.1) is 4.47 Å². The molecule has 3 nitrogen and oxygen atoms in total. The van der Waals surface area contributed by atoms with Crippen molar-refractivity contribution >= 4 is 21.7 Å². The van der Waals surface area contributed by atoms with E-state index >= 15 is 0 Å². The SMILES string of the molecule is Cc1ccnc(NCCCCN(C)C(C)C)c1Br. The first-order valence-electron chi connectivity index (χ1n) is 6.57. The molecule has 1 aromatic heterocycles. The van der Waals surface area contributed by atoms with Gasteiger partial charge in [-0.3, -0.25) is 0 Å². The highest BCUT2D eigenvalue weighted by atomic mass is 79.9. The molecule has 0 aliphatic carbocycles. The van der Waals surface area contributed by atoms with Gasteiger partial charge in [0.25, 0.3) is 0 Å². The molecule has 1 aromatic rings. The Bertz CT molecular complexity index is 366. The fourth-order valence-electron chi connectivity index (χ4n) is 1.61. The highest BCUT2D eigenvalue weighted by molar-refractivity contribution is 9.10. The summed E-state index contributed by atoms with van der Waals surface area (Å²) in [6, 6.07) is 2.64. The van der Waals surface area contributed by atoms with Crippen molar-refractivity contribution in [2.24, 2.45) is 0 Å². The first-order chi connectivity index (χ1) is 8.52. The average Bonchev–Trinajstić information content (AvgIpc) is 2.33. The molecule has 0 aliphatic rings. The maximum atomic E-state index is 4.33. The van der Waals surface area contributed by atoms with Crippen LogP contribution in [0.25, 0.3) is 0 Å². The molecule has 0 aliphatic heterocycles. The van der Waals surface area contributed by atoms with Gasteiger partial charge in [-0.2, -0.15) is 0 Å². The summed E-state index contributed by atoms with van der Waals surface area (Å²) in [6.45, 7) is 8.66. The summed E-state index contributed by atoms with van der Waals surface area (Å²) in [7, 11) is 2.18. The number of hydrogen-bond donors (Lipinski definition) is 1. The lowest BCUT2D eigenvalue weighted by Gasteiger charge is -2.20. The van der Waals surface area contributed by atoms with Crippen molar-refractivity contribution in [3.63, 3.8) is 0 Å². The fourth-order valence-corrected chi connectivity index (χ4v) is 1.99. The Morgan fingerprint density at radius 2 is 2.11 bits per heavy atom. The molecular formula is C14H24BrN3. The minimum atomic E-state index is 0.630. The molecule has 4 heteroatoms. The Morgan fingerprint density at radius 3 is 2.78 bits per heavy atom. The number of anilines is 1. The van der Waals surface area contributed by atoms with Crippen LogP contribution < -0.4 is 5.32 Å². The van der Waals surface area contributed by atoms with Gasteiger partial charge in [0.2, 0.25) is 0 Å². The molecular weight excluding hydrogens is 290 g/mol. The van der Waals surface area contributed by atoms with Crippen LogP contribution >= 0.6 is 15.9 Å². The zero-order valence-electron chi connectivity index (χ0n) is 11.8. The number of nitrogens with zero attached hydrogens (tertiary/aromatic N) is 2. The van der Waals surface area contributed by atoms with E-state index in [4.69, 9.17) is 0 Å². The molecule has 0 bridgehead atoms. The largest absolute Gasteiger partial charge is 0.369 e. The van der Waals surface area contributed by atoms with Gasteiger partial charge in [-0.15, -0.1) is 0 Å². The number of aromatic nitrogens is 1. The Kier molecular flexibility index (Phi) is 6.65. The summed E-state index contributed by atoms with van der Waals surface area (Å²) < 4.78 is 1.07. The second kappa shape index (κ2) is 7.74. The average molecular weight is 314 g/mol. The van der Waals surface area contributed by atoms with Crippen molar-refractivity contribution in [3.8, 4) is 0 Å². The Labute approximate surface area is 119 Å². The Balaban J connectivity index is 2.24. The van der Waals surface area contributed by atoms with Crippen molar-refractivity contribution in [3.05, 3.63) is 22.3 Å². The molecule has 0 fully saturated rings. The van der Waals surface area contributed by atoms with Gasteiger partial charge in [0, 0.05) is 18.8 Å². The van der Waals surface area contributed by atoms with Gasteiger partial charge < -0.3 is 10.2 Å². The lowest BCUT2D eigenvalue weighted by atomic mass is 10.2. The predicted octanol–water partition coefficient (Wildman–Crippen LogP) is 3.68. The molecule has 0 saturated carbocycles. The second-order valence-corrected chi connectivity index (χ2v) is 5.79. The van der Waals surface area contributed by atoms with E-state index in [0.717, 1.165) is 23.4 Å². The molecule has 102 valence electrons. The molecule has 0 unspecified atom stereocenters. The quantitative estimate of drug-likeness (QED) is 0.778. The minimum Gasteiger partial charge on any atom is -0.369 e. The maximum Gasteiger partial charge on any atom is 0.140 e. The lowest BCUT2D eigenvalue weighted by Crippen LogP contribution is -2.27. The molecule has 0 atom stereocenters. The van der Waals surface area contributed by atoms with Crippen LogP contribution in [0.5, 0.6) is 0 Å². The van der Waals surface area contributed by atoms with Crippen LogP contribution in [0.4, 0.5) is 5.82 Å². The summed E-state index contributed by atoms with van der Waals surface area (Å²) in [5.41, 5.74) is 1.21. The summed E-state index contributed by atoms with van der Waals surface area (Å²) in [4.78, 5) is 6.71. The summed E-state index contributed by atoms with van der Waals surface area (Å²) in [5, 5.41) is 3.38. The standard InChI is InChI=1S/C14H24BrN3/c1-11(2)18(4)10-6-5-8-16-14-13(15)12(3)7-9-17-14/h7,9,11H,5-6,8,10H2,1-4H3,(H,16,17). The molecule has 1 heterocycles. The van der Waals surface area contributed by atoms with E-state index in [-0.39, 0.29) is 0 Å². The van der Waals surface area contributed by atoms with Crippen LogP contribution in [0.2, 0.25) is 0 Å². The molecule has 18 heavy (non-hydrogen) atoms. The molecule has 1 N–H and O–H groups in total. The van der Waals surface area contributed by atoms with Gasteiger partial charge in [-0.1, -0.05) is 0 Å². The van der Waals surface area contributed by atoms with E-state index in [1.54, 1.807) is 0 Å². The number of rotatable bonds is 7. The number of nitrogens with one attached hydrogen (secondary N) is 1. The minimum absolute atomic E-state index is 0.630. The number of pyridine rings is 1. The van der Waals surface area contributed by atoms with Gasteiger partial charge in [-0.25, -0.2) is 4.98 Å². The van der Waals surface area contributed by atoms with E-state index < -0.39 is 0 Å². The smallest absolute Gasteiger partial charge is 0.140 e. The van der Waals surface area contributed by atoms with E-state index in [9.17, 15) is 0 Å². The normalized spacial score (nSPS) is 11.3. The van der Waals surface area contributed by atoms with E-state index in [1.807, 2.05) is 12.3 Å². The number of unbranched alkanes of at least 4 members (excludes halogenated alkanes) is 1. The van der Waals surface area contributed by atoms with Crippen molar-refractivity contribution in [1.29, 1.82) is 0 Å². The third kappa shape index (κ3) is 4.94. The zero-order chi connectivity index (χ0) is 13.5. The highest BCUT2D eigenvalue weighted by Crippen LogP contribution is 2.23. The third-order valence-electron chi connectivity index (χ3n) is 3.19. The number of aryl methyl sites for hydroxylation is 1. The van der Waals surface area contributed by atoms with Crippen LogP contribution in [0.3, 0.4) is 0 Å². The summed E-state index contributed by atoms with van der Waals surface area (Å²) in [5.74, 6) is 0.951. The van der Waals surface area contributed by atoms with Crippen molar-refractivity contribution < 1.29 is 0 Å². The second-order valence-electron chi connectivity index (χ2n) is 5.00. The maximum absolute atomic E-state index is 4.33. The zero-order valence-corrected chi connectivity index (χ0v) is 13.4. The lowest BCUT2D eigenvalue weighted by molar-refractivity contribution is 0.269. The molecule has 0 amide bonds.